The van der Waals surface area contributed by atoms with E-state index in [0.29, 0.717) is 5.92 Å². The fourth-order valence-electron chi connectivity index (χ4n) is 2.96. The molecular weight excluding hydrogens is 348 g/mol. The fraction of sp³-hybridized carbons (Fsp3) is 1.00. The van der Waals surface area contributed by atoms with Gasteiger partial charge in [-0.05, 0) is 80.1 Å². The van der Waals surface area contributed by atoms with Crippen molar-refractivity contribution in [2.24, 2.45) is 11.3 Å². The van der Waals surface area contributed by atoms with Crippen molar-refractivity contribution in [3.8, 4) is 0 Å². The van der Waals surface area contributed by atoms with Crippen LogP contribution in [0.1, 0.15) is 102 Å². The van der Waals surface area contributed by atoms with Gasteiger partial charge in [-0.1, -0.05) is 20.8 Å². The van der Waals surface area contributed by atoms with Crippen molar-refractivity contribution >= 4 is 0 Å². The molecule has 0 heterocycles. The number of hydrogen-bond donors (Lipinski definition) is 1. The van der Waals surface area contributed by atoms with E-state index in [1.807, 2.05) is 41.5 Å². The van der Waals surface area contributed by atoms with Gasteiger partial charge in [0.2, 0.25) is 5.79 Å². The van der Waals surface area contributed by atoms with E-state index >= 15 is 0 Å². The molecule has 0 spiro atoms. The van der Waals surface area contributed by atoms with Gasteiger partial charge >= 0.3 is 0 Å². The Morgan fingerprint density at radius 3 is 1.37 bits per heavy atom. The van der Waals surface area contributed by atoms with Gasteiger partial charge < -0.3 is 0 Å². The van der Waals surface area contributed by atoms with E-state index in [4.69, 9.17) is 24.8 Å². The highest BCUT2D eigenvalue weighted by atomic mass is 17.3. The van der Waals surface area contributed by atoms with Gasteiger partial charge in [0, 0.05) is 12.8 Å². The second-order valence-corrected chi connectivity index (χ2v) is 11.5. The summed E-state index contributed by atoms with van der Waals surface area (Å²) in [5.74, 6) is -0.359. The zero-order valence-electron chi connectivity index (χ0n) is 19.7. The minimum Gasteiger partial charge on any atom is -0.251 e. The van der Waals surface area contributed by atoms with Gasteiger partial charge in [-0.3, -0.25) is 5.26 Å². The molecule has 1 N–H and O–H groups in total. The molecule has 0 aliphatic heterocycles. The topological polar surface area (TPSA) is 66.4 Å². The molecule has 1 atom stereocenters. The first-order chi connectivity index (χ1) is 11.8. The predicted molar refractivity (Wildman–Crippen MR) is 107 cm³/mol. The van der Waals surface area contributed by atoms with Crippen LogP contribution in [0.3, 0.4) is 0 Å². The monoisotopic (exact) mass is 392 g/mol. The van der Waals surface area contributed by atoms with Crippen LogP contribution in [0.2, 0.25) is 0 Å². The molecule has 1 aliphatic rings. The molecule has 0 aromatic carbocycles. The smallest absolute Gasteiger partial charge is 0.234 e. The van der Waals surface area contributed by atoms with Crippen LogP contribution in [0.4, 0.5) is 0 Å². The first-order valence-corrected chi connectivity index (χ1v) is 9.84. The lowest BCUT2D eigenvalue weighted by atomic mass is 9.70. The molecule has 0 saturated heterocycles. The summed E-state index contributed by atoms with van der Waals surface area (Å²) in [4.78, 5) is 26.7. The van der Waals surface area contributed by atoms with Crippen molar-refractivity contribution in [3.63, 3.8) is 0 Å². The van der Waals surface area contributed by atoms with Gasteiger partial charge in [0.15, 0.2) is 0 Å². The summed E-state index contributed by atoms with van der Waals surface area (Å²) in [6.45, 7) is 23.8. The van der Waals surface area contributed by atoms with Crippen LogP contribution in [0.5, 0.6) is 0 Å². The van der Waals surface area contributed by atoms with Crippen molar-refractivity contribution in [2.75, 3.05) is 0 Å². The lowest BCUT2D eigenvalue weighted by molar-refractivity contribution is -0.551. The second-order valence-electron chi connectivity index (χ2n) is 11.5. The van der Waals surface area contributed by atoms with Gasteiger partial charge in [0.25, 0.3) is 0 Å². The van der Waals surface area contributed by atoms with Crippen LogP contribution in [0.15, 0.2) is 0 Å². The van der Waals surface area contributed by atoms with Gasteiger partial charge in [-0.2, -0.15) is 9.78 Å². The summed E-state index contributed by atoms with van der Waals surface area (Å²) in [5, 5.41) is 7.90. The van der Waals surface area contributed by atoms with E-state index in [0.717, 1.165) is 19.3 Å². The predicted octanol–water partition coefficient (Wildman–Crippen LogP) is 6.30. The van der Waals surface area contributed by atoms with Crippen LogP contribution in [-0.2, 0) is 24.4 Å². The lowest BCUT2D eigenvalue weighted by Gasteiger charge is -2.46. The standard InChI is InChI=1S/C17H34O4.C4H10O2/c1-13-10-16(8,9)12-17(11-13,20-18-14(2,3)4)21-19-15(5,6)7;1-4(2,3)6-5/h13H,10-12H2,1-9H3;5H,1-3H3. The van der Waals surface area contributed by atoms with Crippen LogP contribution in [0, 0.1) is 11.3 Å². The largest absolute Gasteiger partial charge is 0.251 e. The molecule has 164 valence electrons. The maximum atomic E-state index is 7.90. The zero-order chi connectivity index (χ0) is 21.7. The van der Waals surface area contributed by atoms with Crippen molar-refractivity contribution < 1.29 is 29.7 Å². The Hall–Kier alpha value is -0.240. The highest BCUT2D eigenvalue weighted by Gasteiger charge is 2.48. The SMILES string of the molecule is CC(C)(C)OO.CC1CC(C)(C)CC(OOC(C)(C)C)(OOC(C)(C)C)C1. The van der Waals surface area contributed by atoms with Crippen molar-refractivity contribution in [1.29, 1.82) is 0 Å². The summed E-state index contributed by atoms with van der Waals surface area (Å²) in [6.07, 6.45) is 2.66. The van der Waals surface area contributed by atoms with Crippen LogP contribution in [-0.4, -0.2) is 27.8 Å². The number of hydrogen-bond acceptors (Lipinski definition) is 6. The summed E-state index contributed by atoms with van der Waals surface area (Å²) >= 11 is 0. The molecule has 1 saturated carbocycles. The van der Waals surface area contributed by atoms with E-state index < -0.39 is 11.4 Å². The fourth-order valence-corrected chi connectivity index (χ4v) is 2.96. The molecule has 0 bridgehead atoms. The van der Waals surface area contributed by atoms with Crippen LogP contribution >= 0.6 is 0 Å². The Labute approximate surface area is 166 Å². The molecule has 0 radical (unpaired) electrons. The molecule has 6 nitrogen and oxygen atoms in total. The van der Waals surface area contributed by atoms with E-state index in [-0.39, 0.29) is 16.6 Å². The molecule has 0 aromatic heterocycles. The minimum absolute atomic E-state index is 0.125. The normalized spacial score (nSPS) is 22.8. The van der Waals surface area contributed by atoms with Crippen LogP contribution < -0.4 is 0 Å². The third-order valence-corrected chi connectivity index (χ3v) is 3.47. The quantitative estimate of drug-likeness (QED) is 0.344. The average Bonchev–Trinajstić information content (AvgIpc) is 2.40. The molecule has 6 heteroatoms. The Bertz CT molecular complexity index is 407. The van der Waals surface area contributed by atoms with Crippen molar-refractivity contribution in [3.05, 3.63) is 0 Å². The first kappa shape index (κ1) is 26.8. The lowest BCUT2D eigenvalue weighted by Crippen LogP contribution is -2.48. The van der Waals surface area contributed by atoms with Crippen LogP contribution in [0.25, 0.3) is 0 Å². The Morgan fingerprint density at radius 2 is 1.11 bits per heavy atom. The molecule has 1 fully saturated rings. The van der Waals surface area contributed by atoms with E-state index in [1.165, 1.54) is 0 Å². The molecule has 0 aromatic rings. The molecule has 1 unspecified atom stereocenters. The summed E-state index contributed by atoms with van der Waals surface area (Å²) < 4.78 is 0. The maximum absolute atomic E-state index is 7.90. The first-order valence-electron chi connectivity index (χ1n) is 9.84. The van der Waals surface area contributed by atoms with Gasteiger partial charge in [0.1, 0.15) is 0 Å². The van der Waals surface area contributed by atoms with Gasteiger partial charge in [0.05, 0.1) is 16.8 Å². The van der Waals surface area contributed by atoms with Gasteiger partial charge in [-0.15, -0.1) is 0 Å². The highest BCUT2D eigenvalue weighted by molar-refractivity contribution is 4.88. The highest BCUT2D eigenvalue weighted by Crippen LogP contribution is 2.47. The summed E-state index contributed by atoms with van der Waals surface area (Å²) in [6, 6.07) is 0. The molecule has 1 rings (SSSR count). The third kappa shape index (κ3) is 13.6. The zero-order valence-corrected chi connectivity index (χ0v) is 19.7. The Kier molecular flexibility index (Phi) is 9.42. The third-order valence-electron chi connectivity index (χ3n) is 3.47. The number of rotatable bonds is 4. The van der Waals surface area contributed by atoms with Gasteiger partial charge in [-0.25, -0.2) is 14.7 Å². The molecule has 1 aliphatic carbocycles. The Morgan fingerprint density at radius 1 is 0.741 bits per heavy atom. The van der Waals surface area contributed by atoms with E-state index in [1.54, 1.807) is 20.8 Å². The van der Waals surface area contributed by atoms with Crippen molar-refractivity contribution in [2.45, 2.75) is 125 Å². The van der Waals surface area contributed by atoms with E-state index in [2.05, 4.69) is 25.7 Å². The molecular formula is C21H44O6. The summed E-state index contributed by atoms with van der Waals surface area (Å²) in [5.41, 5.74) is -1.05. The maximum Gasteiger partial charge on any atom is 0.234 e. The Balaban J connectivity index is 0.000000972. The molecule has 0 amide bonds. The average molecular weight is 393 g/mol. The van der Waals surface area contributed by atoms with E-state index in [9.17, 15) is 0 Å². The van der Waals surface area contributed by atoms with Crippen molar-refractivity contribution in [1.82, 2.24) is 0 Å². The molecule has 27 heavy (non-hydrogen) atoms. The minimum atomic E-state index is -0.846. The second kappa shape index (κ2) is 9.51. The summed E-state index contributed by atoms with van der Waals surface area (Å²) in [7, 11) is 0.